The number of esters is 4. The molecule has 19 heteroatoms. The maximum absolute atomic E-state index is 13.1. The van der Waals surface area contributed by atoms with Crippen LogP contribution in [0.3, 0.4) is 0 Å². The summed E-state index contributed by atoms with van der Waals surface area (Å²) < 4.78 is 68.5. The second-order valence-electron chi connectivity index (χ2n) is 28.6. The van der Waals surface area contributed by atoms with E-state index in [1.54, 1.807) is 0 Å². The largest absolute Gasteiger partial charge is 0.472 e. The highest BCUT2D eigenvalue weighted by Crippen LogP contribution is 2.45. The van der Waals surface area contributed by atoms with Crippen molar-refractivity contribution in [3.05, 3.63) is 24.3 Å². The predicted octanol–water partition coefficient (Wildman–Crippen LogP) is 22.5. The van der Waals surface area contributed by atoms with Crippen LogP contribution in [-0.2, 0) is 65.4 Å². The van der Waals surface area contributed by atoms with Crippen molar-refractivity contribution in [3.8, 4) is 0 Å². The summed E-state index contributed by atoms with van der Waals surface area (Å²) in [5.41, 5.74) is 0. The monoisotopic (exact) mass is 1420 g/mol. The Morgan fingerprint density at radius 2 is 0.608 bits per heavy atom. The molecule has 0 radical (unpaired) electrons. The second kappa shape index (κ2) is 68.0. The zero-order chi connectivity index (χ0) is 71.6. The van der Waals surface area contributed by atoms with Crippen LogP contribution in [0, 0.1) is 17.8 Å². The minimum absolute atomic E-state index is 0.0850. The van der Waals surface area contributed by atoms with Crippen LogP contribution in [0.1, 0.15) is 376 Å². The topological polar surface area (TPSA) is 237 Å². The maximum atomic E-state index is 13.1. The van der Waals surface area contributed by atoms with E-state index >= 15 is 0 Å². The molecule has 0 aliphatic carbocycles. The van der Waals surface area contributed by atoms with Crippen LogP contribution in [-0.4, -0.2) is 96.7 Å². The molecule has 0 bridgehead atoms. The zero-order valence-corrected chi connectivity index (χ0v) is 64.8. The Hall–Kier alpha value is -2.46. The number of aliphatic hydroxyl groups excluding tert-OH is 1. The molecule has 97 heavy (non-hydrogen) atoms. The van der Waals surface area contributed by atoms with E-state index in [0.717, 1.165) is 121 Å². The number of ether oxygens (including phenoxy) is 4. The number of phosphoric ester groups is 2. The summed E-state index contributed by atoms with van der Waals surface area (Å²) in [5, 5.41) is 10.6. The van der Waals surface area contributed by atoms with Gasteiger partial charge < -0.3 is 33.8 Å². The summed E-state index contributed by atoms with van der Waals surface area (Å²) in [6.45, 7) is 11.8. The van der Waals surface area contributed by atoms with Gasteiger partial charge in [0.25, 0.3) is 0 Å². The minimum atomic E-state index is -4.97. The molecule has 0 amide bonds. The normalized spacial score (nSPS) is 14.5. The molecule has 0 heterocycles. The van der Waals surface area contributed by atoms with Gasteiger partial charge in [0.1, 0.15) is 19.3 Å². The molecule has 0 rings (SSSR count). The van der Waals surface area contributed by atoms with Gasteiger partial charge in [-0.05, 0) is 69.1 Å². The van der Waals surface area contributed by atoms with E-state index in [0.29, 0.717) is 31.6 Å². The van der Waals surface area contributed by atoms with Crippen molar-refractivity contribution in [1.29, 1.82) is 0 Å². The molecule has 0 saturated carbocycles. The molecule has 17 nitrogen and oxygen atoms in total. The second-order valence-corrected chi connectivity index (χ2v) is 31.5. The quantitative estimate of drug-likeness (QED) is 0.0169. The van der Waals surface area contributed by atoms with Gasteiger partial charge in [0.15, 0.2) is 12.2 Å². The van der Waals surface area contributed by atoms with Gasteiger partial charge in [0.05, 0.1) is 26.4 Å². The van der Waals surface area contributed by atoms with Crippen LogP contribution in [0.2, 0.25) is 0 Å². The van der Waals surface area contributed by atoms with Gasteiger partial charge in [0, 0.05) is 25.7 Å². The number of aliphatic hydroxyl groups is 1. The van der Waals surface area contributed by atoms with Crippen molar-refractivity contribution in [3.63, 3.8) is 0 Å². The van der Waals surface area contributed by atoms with E-state index in [2.05, 4.69) is 72.8 Å². The molecule has 0 aliphatic heterocycles. The molecule has 0 saturated heterocycles. The summed E-state index contributed by atoms with van der Waals surface area (Å²) in [4.78, 5) is 72.9. The number of hydrogen-bond acceptors (Lipinski definition) is 15. The lowest BCUT2D eigenvalue weighted by Gasteiger charge is -2.21. The Bertz CT molecular complexity index is 1980. The number of phosphoric acid groups is 2. The third-order valence-corrected chi connectivity index (χ3v) is 19.8. The standard InChI is InChI=1S/C78H148O17P2/c1-8-10-11-12-13-14-15-16-18-23-26-32-39-47-54-61-77(82)94-73(65-88-75(80)59-52-45-38-31-25-22-20-17-19-21-24-29-35-42-49-56-69(3)4)67-92-96(84,85)90-63-72(79)64-91-97(86,87)93-68-74(66-89-76(81)60-53-46-41-34-36-43-50-57-70(5)6)95-78(83)62-55-48-40-33-28-27-30-37-44-51-58-71(7)9-2/h14-16,18,69-74,79H,8-13,17,19-68H2,1-7H3,(H,84,85)(H,86,87)/b15-14-,18-16-/t71?,72?,73-,74-/m1/s1. The lowest BCUT2D eigenvalue weighted by Crippen LogP contribution is -2.30. The summed E-state index contributed by atoms with van der Waals surface area (Å²) in [5.74, 6) is 0.162. The first-order valence-electron chi connectivity index (χ1n) is 39.7. The Morgan fingerprint density at radius 1 is 0.340 bits per heavy atom. The van der Waals surface area contributed by atoms with E-state index in [-0.39, 0.29) is 25.7 Å². The highest BCUT2D eigenvalue weighted by atomic mass is 31.2. The fourth-order valence-electron chi connectivity index (χ4n) is 11.4. The predicted molar refractivity (Wildman–Crippen MR) is 395 cm³/mol. The molecule has 0 aromatic carbocycles. The summed E-state index contributed by atoms with van der Waals surface area (Å²) >= 11 is 0. The summed E-state index contributed by atoms with van der Waals surface area (Å²) in [6.07, 6.45) is 57.7. The van der Waals surface area contributed by atoms with E-state index in [4.69, 9.17) is 37.0 Å². The fourth-order valence-corrected chi connectivity index (χ4v) is 13.0. The molecule has 0 aliphatic rings. The average molecular weight is 1420 g/mol. The third kappa shape index (κ3) is 70.4. The van der Waals surface area contributed by atoms with Crippen molar-refractivity contribution in [2.75, 3.05) is 39.6 Å². The van der Waals surface area contributed by atoms with Crippen molar-refractivity contribution < 1.29 is 80.2 Å². The van der Waals surface area contributed by atoms with Gasteiger partial charge in [0.2, 0.25) is 0 Å². The molecular weight excluding hydrogens is 1270 g/mol. The van der Waals surface area contributed by atoms with Gasteiger partial charge in [-0.2, -0.15) is 0 Å². The smallest absolute Gasteiger partial charge is 0.462 e. The van der Waals surface area contributed by atoms with E-state index < -0.39 is 97.5 Å². The Balaban J connectivity index is 5.28. The Kier molecular flexibility index (Phi) is 66.3. The molecule has 4 unspecified atom stereocenters. The van der Waals surface area contributed by atoms with Gasteiger partial charge in [-0.3, -0.25) is 37.3 Å². The number of rotatable bonds is 74. The lowest BCUT2D eigenvalue weighted by molar-refractivity contribution is -0.161. The van der Waals surface area contributed by atoms with E-state index in [1.165, 1.54) is 167 Å². The maximum Gasteiger partial charge on any atom is 0.472 e. The van der Waals surface area contributed by atoms with Crippen molar-refractivity contribution in [2.45, 2.75) is 394 Å². The van der Waals surface area contributed by atoms with Crippen LogP contribution in [0.25, 0.3) is 0 Å². The first-order chi connectivity index (χ1) is 46.8. The number of carbonyl (C=O) groups is 4. The van der Waals surface area contributed by atoms with Gasteiger partial charge in [-0.15, -0.1) is 0 Å². The number of hydrogen-bond donors (Lipinski definition) is 3. The Labute approximate surface area is 592 Å². The SMILES string of the molecule is CCCCCC/C=C\C=C/CCCCCCCC(=O)O[C@H](COC(=O)CCCCCCCCCCCCCCCCCC(C)C)COP(=O)(O)OCC(O)COP(=O)(O)OC[C@@H](COC(=O)CCCCCCCCCC(C)C)OC(=O)CCCCCCCCCCCCC(C)CC. The molecule has 6 atom stereocenters. The van der Waals surface area contributed by atoms with Crippen LogP contribution >= 0.6 is 15.6 Å². The fraction of sp³-hybridized carbons (Fsp3) is 0.897. The van der Waals surface area contributed by atoms with Gasteiger partial charge in [-0.1, -0.05) is 323 Å². The van der Waals surface area contributed by atoms with Gasteiger partial charge >= 0.3 is 39.5 Å². The van der Waals surface area contributed by atoms with Crippen LogP contribution in [0.5, 0.6) is 0 Å². The van der Waals surface area contributed by atoms with Crippen LogP contribution in [0.4, 0.5) is 0 Å². The first kappa shape index (κ1) is 94.5. The zero-order valence-electron chi connectivity index (χ0n) is 63.0. The molecule has 0 aromatic rings. The molecule has 3 N–H and O–H groups in total. The highest BCUT2D eigenvalue weighted by molar-refractivity contribution is 7.47. The molecule has 0 fully saturated rings. The van der Waals surface area contributed by atoms with Crippen LogP contribution in [0.15, 0.2) is 24.3 Å². The average Bonchev–Trinajstić information content (AvgIpc) is 1.73. The summed E-state index contributed by atoms with van der Waals surface area (Å²) in [7, 11) is -9.93. The molecule has 0 aromatic heterocycles. The molecule has 572 valence electrons. The van der Waals surface area contributed by atoms with Crippen molar-refractivity contribution in [1.82, 2.24) is 0 Å². The number of allylic oxidation sites excluding steroid dienone is 4. The number of unbranched alkanes of at least 4 members (excludes halogenated alkanes) is 38. The van der Waals surface area contributed by atoms with Crippen molar-refractivity contribution >= 4 is 39.5 Å². The number of carbonyl (C=O) groups excluding carboxylic acids is 4. The highest BCUT2D eigenvalue weighted by Gasteiger charge is 2.30. The van der Waals surface area contributed by atoms with Crippen molar-refractivity contribution in [2.24, 2.45) is 17.8 Å². The first-order valence-corrected chi connectivity index (χ1v) is 42.7. The van der Waals surface area contributed by atoms with E-state index in [1.807, 2.05) is 0 Å². The summed E-state index contributed by atoms with van der Waals surface area (Å²) in [6, 6.07) is 0. The van der Waals surface area contributed by atoms with E-state index in [9.17, 15) is 43.2 Å². The third-order valence-electron chi connectivity index (χ3n) is 17.9. The molecule has 0 spiro atoms. The molecular formula is C78H148O17P2. The van der Waals surface area contributed by atoms with Crippen LogP contribution < -0.4 is 0 Å². The lowest BCUT2D eigenvalue weighted by atomic mass is 9.99. The minimum Gasteiger partial charge on any atom is -0.462 e. The van der Waals surface area contributed by atoms with Gasteiger partial charge in [-0.25, -0.2) is 9.13 Å². The Morgan fingerprint density at radius 3 is 0.918 bits per heavy atom.